The van der Waals surface area contributed by atoms with Gasteiger partial charge in [0.05, 0.1) is 17.0 Å². The highest BCUT2D eigenvalue weighted by atomic mass is 16.4. The molecule has 2 N–H and O–H groups in total. The van der Waals surface area contributed by atoms with Gasteiger partial charge in [0.25, 0.3) is 0 Å². The number of hydrogen-bond acceptors (Lipinski definition) is 4. The van der Waals surface area contributed by atoms with Crippen molar-refractivity contribution in [2.24, 2.45) is 13.0 Å². The smallest absolute Gasteiger partial charge is 0.306 e. The molecule has 2 heterocycles. The van der Waals surface area contributed by atoms with Crippen LogP contribution in [0.4, 0.5) is 5.95 Å². The molecule has 23 heavy (non-hydrogen) atoms. The second kappa shape index (κ2) is 7.00. The van der Waals surface area contributed by atoms with Gasteiger partial charge in [-0.15, -0.1) is 0 Å². The first-order chi connectivity index (χ1) is 11.1. The fourth-order valence-corrected chi connectivity index (χ4v) is 3.21. The highest BCUT2D eigenvalue weighted by Crippen LogP contribution is 2.18. The zero-order chi connectivity index (χ0) is 16.2. The highest BCUT2D eigenvalue weighted by Gasteiger charge is 2.23. The molecule has 6 heteroatoms. The Labute approximate surface area is 136 Å². The summed E-state index contributed by atoms with van der Waals surface area (Å²) in [7, 11) is 2.02. The molecule has 0 saturated carbocycles. The summed E-state index contributed by atoms with van der Waals surface area (Å²) in [5.41, 5.74) is 2.14. The molecule has 1 aliphatic heterocycles. The minimum absolute atomic E-state index is 0.149. The summed E-state index contributed by atoms with van der Waals surface area (Å²) in [6.07, 6.45) is 2.57. The molecule has 0 atom stereocenters. The number of carbonyl (C=O) groups is 1. The van der Waals surface area contributed by atoms with Crippen LogP contribution >= 0.6 is 0 Å². The number of anilines is 1. The highest BCUT2D eigenvalue weighted by molar-refractivity contribution is 5.78. The average molecular weight is 316 g/mol. The Hall–Kier alpha value is -2.08. The lowest BCUT2D eigenvalue weighted by atomic mass is 9.97. The van der Waals surface area contributed by atoms with Gasteiger partial charge in [0.1, 0.15) is 0 Å². The second-order valence-corrected chi connectivity index (χ2v) is 6.22. The lowest BCUT2D eigenvalue weighted by Crippen LogP contribution is -2.37. The van der Waals surface area contributed by atoms with E-state index in [0.29, 0.717) is 0 Å². The Morgan fingerprint density at radius 1 is 1.35 bits per heavy atom. The maximum absolute atomic E-state index is 10.9. The van der Waals surface area contributed by atoms with Gasteiger partial charge in [-0.05, 0) is 51.0 Å². The number of carboxylic acids is 1. The van der Waals surface area contributed by atoms with E-state index in [4.69, 9.17) is 5.11 Å². The first kappa shape index (κ1) is 15.8. The van der Waals surface area contributed by atoms with Crippen molar-refractivity contribution in [2.45, 2.75) is 19.3 Å². The fourth-order valence-electron chi connectivity index (χ4n) is 3.21. The Morgan fingerprint density at radius 3 is 2.78 bits per heavy atom. The zero-order valence-corrected chi connectivity index (χ0v) is 13.5. The van der Waals surface area contributed by atoms with E-state index in [1.54, 1.807) is 0 Å². The molecule has 1 saturated heterocycles. The molecule has 0 bridgehead atoms. The number of imidazole rings is 1. The van der Waals surface area contributed by atoms with Crippen molar-refractivity contribution in [3.63, 3.8) is 0 Å². The van der Waals surface area contributed by atoms with Gasteiger partial charge in [0.2, 0.25) is 5.95 Å². The summed E-state index contributed by atoms with van der Waals surface area (Å²) in [6.45, 7) is 3.66. The SMILES string of the molecule is Cn1c(NCCCN2CCC(C(=O)O)CC2)nc2ccccc21. The average Bonchev–Trinajstić information content (AvgIpc) is 2.89. The number of nitrogens with zero attached hydrogens (tertiary/aromatic N) is 3. The summed E-state index contributed by atoms with van der Waals surface area (Å²) < 4.78 is 2.08. The van der Waals surface area contributed by atoms with Crippen molar-refractivity contribution in [3.8, 4) is 0 Å². The summed E-state index contributed by atoms with van der Waals surface area (Å²) in [4.78, 5) is 17.9. The van der Waals surface area contributed by atoms with Gasteiger partial charge in [-0.2, -0.15) is 0 Å². The number of carboxylic acid groups (broad SMARTS) is 1. The van der Waals surface area contributed by atoms with Crippen LogP contribution in [0.3, 0.4) is 0 Å². The number of aliphatic carboxylic acids is 1. The van der Waals surface area contributed by atoms with E-state index in [2.05, 4.69) is 25.8 Å². The summed E-state index contributed by atoms with van der Waals surface area (Å²) in [5.74, 6) is 0.105. The molecular formula is C17H24N4O2. The lowest BCUT2D eigenvalue weighted by Gasteiger charge is -2.29. The van der Waals surface area contributed by atoms with Gasteiger partial charge >= 0.3 is 5.97 Å². The van der Waals surface area contributed by atoms with Gasteiger partial charge in [0, 0.05) is 13.6 Å². The summed E-state index contributed by atoms with van der Waals surface area (Å²) in [6, 6.07) is 8.11. The molecule has 6 nitrogen and oxygen atoms in total. The van der Waals surface area contributed by atoms with Crippen LogP contribution < -0.4 is 5.32 Å². The first-order valence-electron chi connectivity index (χ1n) is 8.25. The van der Waals surface area contributed by atoms with E-state index < -0.39 is 5.97 Å². The Kier molecular flexibility index (Phi) is 4.81. The van der Waals surface area contributed by atoms with Crippen molar-refractivity contribution >= 4 is 23.0 Å². The van der Waals surface area contributed by atoms with Crippen LogP contribution in [0.5, 0.6) is 0 Å². The topological polar surface area (TPSA) is 70.4 Å². The molecule has 1 fully saturated rings. The zero-order valence-electron chi connectivity index (χ0n) is 13.5. The van der Waals surface area contributed by atoms with Crippen LogP contribution in [-0.4, -0.2) is 51.7 Å². The molecule has 0 aliphatic carbocycles. The molecule has 2 aromatic rings. The summed E-state index contributed by atoms with van der Waals surface area (Å²) >= 11 is 0. The number of aromatic nitrogens is 2. The maximum atomic E-state index is 10.9. The van der Waals surface area contributed by atoms with Gasteiger partial charge in [-0.3, -0.25) is 4.79 Å². The van der Waals surface area contributed by atoms with E-state index in [0.717, 1.165) is 62.4 Å². The lowest BCUT2D eigenvalue weighted by molar-refractivity contribution is -0.143. The predicted molar refractivity (Wildman–Crippen MR) is 90.6 cm³/mol. The number of para-hydroxylation sites is 2. The quantitative estimate of drug-likeness (QED) is 0.799. The van der Waals surface area contributed by atoms with Gasteiger partial charge in [0.15, 0.2) is 0 Å². The van der Waals surface area contributed by atoms with Crippen LogP contribution in [0.15, 0.2) is 24.3 Å². The molecule has 0 spiro atoms. The number of nitrogens with one attached hydrogen (secondary N) is 1. The fraction of sp³-hybridized carbons (Fsp3) is 0.529. The van der Waals surface area contributed by atoms with Crippen LogP contribution in [0.2, 0.25) is 0 Å². The minimum atomic E-state index is -0.645. The number of benzene rings is 1. The van der Waals surface area contributed by atoms with Crippen LogP contribution in [0, 0.1) is 5.92 Å². The Morgan fingerprint density at radius 2 is 2.09 bits per heavy atom. The minimum Gasteiger partial charge on any atom is -0.481 e. The van der Waals surface area contributed by atoms with Gasteiger partial charge < -0.3 is 19.9 Å². The normalized spacial score (nSPS) is 16.7. The first-order valence-corrected chi connectivity index (χ1v) is 8.25. The maximum Gasteiger partial charge on any atom is 0.306 e. The van der Waals surface area contributed by atoms with Crippen molar-refractivity contribution in [3.05, 3.63) is 24.3 Å². The van der Waals surface area contributed by atoms with Crippen LogP contribution in [0.25, 0.3) is 11.0 Å². The van der Waals surface area contributed by atoms with E-state index in [-0.39, 0.29) is 5.92 Å². The van der Waals surface area contributed by atoms with E-state index in [1.807, 2.05) is 25.2 Å². The van der Waals surface area contributed by atoms with E-state index >= 15 is 0 Å². The standard InChI is InChI=1S/C17H24N4O2/c1-20-15-6-3-2-5-14(15)19-17(20)18-9-4-10-21-11-7-13(8-12-21)16(22)23/h2-3,5-6,13H,4,7-12H2,1H3,(H,18,19)(H,22,23). The molecular weight excluding hydrogens is 292 g/mol. The Bertz CT molecular complexity index is 674. The molecule has 1 aromatic carbocycles. The Balaban J connectivity index is 1.43. The van der Waals surface area contributed by atoms with Crippen molar-refractivity contribution in [1.82, 2.24) is 14.5 Å². The second-order valence-electron chi connectivity index (χ2n) is 6.22. The number of likely N-dealkylation sites (tertiary alicyclic amines) is 1. The number of piperidine rings is 1. The van der Waals surface area contributed by atoms with Gasteiger partial charge in [-0.25, -0.2) is 4.98 Å². The third-order valence-electron chi connectivity index (χ3n) is 4.66. The monoisotopic (exact) mass is 316 g/mol. The number of fused-ring (bicyclic) bond motifs is 1. The van der Waals surface area contributed by atoms with Crippen molar-refractivity contribution < 1.29 is 9.90 Å². The number of aryl methyl sites for hydroxylation is 1. The van der Waals surface area contributed by atoms with E-state index in [1.165, 1.54) is 0 Å². The molecule has 124 valence electrons. The third-order valence-corrected chi connectivity index (χ3v) is 4.66. The predicted octanol–water partition coefficient (Wildman–Crippen LogP) is 2.17. The van der Waals surface area contributed by atoms with Crippen molar-refractivity contribution in [2.75, 3.05) is 31.5 Å². The molecule has 1 aromatic heterocycles. The molecule has 0 amide bonds. The molecule has 3 rings (SSSR count). The molecule has 0 unspecified atom stereocenters. The largest absolute Gasteiger partial charge is 0.481 e. The number of hydrogen-bond donors (Lipinski definition) is 2. The van der Waals surface area contributed by atoms with Crippen LogP contribution in [0.1, 0.15) is 19.3 Å². The summed E-state index contributed by atoms with van der Waals surface area (Å²) in [5, 5.41) is 12.4. The van der Waals surface area contributed by atoms with E-state index in [9.17, 15) is 4.79 Å². The van der Waals surface area contributed by atoms with Gasteiger partial charge in [-0.1, -0.05) is 12.1 Å². The third kappa shape index (κ3) is 3.64. The van der Waals surface area contributed by atoms with Crippen LogP contribution in [-0.2, 0) is 11.8 Å². The molecule has 1 aliphatic rings. The van der Waals surface area contributed by atoms with Crippen molar-refractivity contribution in [1.29, 1.82) is 0 Å². The number of rotatable bonds is 6. The molecule has 0 radical (unpaired) electrons.